The molecule has 1 amide bonds. The molecule has 1 atom stereocenters. The van der Waals surface area contributed by atoms with E-state index in [1.54, 1.807) is 55.7 Å². The van der Waals surface area contributed by atoms with Gasteiger partial charge in [0, 0.05) is 12.1 Å². The maximum Gasteiger partial charge on any atom is 0.295 e. The van der Waals surface area contributed by atoms with Gasteiger partial charge < -0.3 is 19.5 Å². The first-order valence-electron chi connectivity index (χ1n) is 9.70. The minimum atomic E-state index is -0.721. The van der Waals surface area contributed by atoms with E-state index in [0.29, 0.717) is 29.2 Å². The highest BCUT2D eigenvalue weighted by Crippen LogP contribution is 2.40. The predicted molar refractivity (Wildman–Crippen MR) is 115 cm³/mol. The molecule has 2 aromatic rings. The third-order valence-corrected chi connectivity index (χ3v) is 5.05. The molecule has 1 saturated heterocycles. The topological polar surface area (TPSA) is 76.1 Å². The number of hydrogen-bond donors (Lipinski definition) is 1. The number of ether oxygens (including phenoxy) is 2. The third kappa shape index (κ3) is 3.81. The van der Waals surface area contributed by atoms with Crippen LogP contribution in [0.25, 0.3) is 5.76 Å². The lowest BCUT2D eigenvalue weighted by Crippen LogP contribution is -2.29. The fourth-order valence-corrected chi connectivity index (χ4v) is 3.61. The van der Waals surface area contributed by atoms with Gasteiger partial charge >= 0.3 is 0 Å². The van der Waals surface area contributed by atoms with Gasteiger partial charge in [-0.3, -0.25) is 9.59 Å². The Bertz CT molecular complexity index is 1010. The first-order valence-corrected chi connectivity index (χ1v) is 9.70. The standard InChI is InChI=1S/C24H25NO5/c1-5-13-25-21(16-7-10-18(29-4)11-8-16)20(23(27)24(25)28)22(26)17-9-12-19(30-6-2)15(3)14-17/h5,7-12,14,21,26H,1,6,13H2,2-4H3/t21-/m1/s1. The van der Waals surface area contributed by atoms with Gasteiger partial charge in [0.25, 0.3) is 11.7 Å². The Labute approximate surface area is 176 Å². The minimum absolute atomic E-state index is 0.0515. The van der Waals surface area contributed by atoms with Crippen molar-refractivity contribution >= 4 is 17.4 Å². The summed E-state index contributed by atoms with van der Waals surface area (Å²) in [6.07, 6.45) is 1.56. The fourth-order valence-electron chi connectivity index (χ4n) is 3.61. The van der Waals surface area contributed by atoms with Gasteiger partial charge in [-0.1, -0.05) is 18.2 Å². The highest BCUT2D eigenvalue weighted by Gasteiger charge is 2.45. The lowest BCUT2D eigenvalue weighted by Gasteiger charge is -2.24. The maximum absolute atomic E-state index is 12.9. The van der Waals surface area contributed by atoms with Crippen molar-refractivity contribution in [1.82, 2.24) is 4.90 Å². The van der Waals surface area contributed by atoms with Gasteiger partial charge in [-0.05, 0) is 55.3 Å². The van der Waals surface area contributed by atoms with Crippen molar-refractivity contribution in [1.29, 1.82) is 0 Å². The van der Waals surface area contributed by atoms with Crippen LogP contribution in [0.3, 0.4) is 0 Å². The van der Waals surface area contributed by atoms with E-state index in [-0.39, 0.29) is 17.9 Å². The minimum Gasteiger partial charge on any atom is -0.507 e. The van der Waals surface area contributed by atoms with Crippen LogP contribution >= 0.6 is 0 Å². The number of carbonyl (C=O) groups is 2. The van der Waals surface area contributed by atoms with Gasteiger partial charge in [0.15, 0.2) is 0 Å². The zero-order chi connectivity index (χ0) is 21.8. The number of nitrogens with zero attached hydrogens (tertiary/aromatic N) is 1. The summed E-state index contributed by atoms with van der Waals surface area (Å²) in [5.74, 6) is -0.247. The molecule has 2 aromatic carbocycles. The number of methoxy groups -OCH3 is 1. The zero-order valence-corrected chi connectivity index (χ0v) is 17.3. The molecule has 1 aliphatic rings. The number of rotatable bonds is 7. The fraction of sp³-hybridized carbons (Fsp3) is 0.250. The highest BCUT2D eigenvalue weighted by molar-refractivity contribution is 6.46. The van der Waals surface area contributed by atoms with Gasteiger partial charge in [-0.15, -0.1) is 6.58 Å². The number of likely N-dealkylation sites (tertiary alicyclic amines) is 1. The van der Waals surface area contributed by atoms with Crippen LogP contribution in [0.15, 0.2) is 60.7 Å². The van der Waals surface area contributed by atoms with Crippen molar-refractivity contribution < 1.29 is 24.2 Å². The normalized spacial score (nSPS) is 17.8. The number of aryl methyl sites for hydroxylation is 1. The van der Waals surface area contributed by atoms with Gasteiger partial charge in [0.05, 0.1) is 25.3 Å². The smallest absolute Gasteiger partial charge is 0.295 e. The Balaban J connectivity index is 2.14. The van der Waals surface area contributed by atoms with Crippen LogP contribution in [-0.4, -0.2) is 42.0 Å². The molecule has 6 nitrogen and oxygen atoms in total. The van der Waals surface area contributed by atoms with Crippen LogP contribution < -0.4 is 9.47 Å². The van der Waals surface area contributed by atoms with E-state index in [1.165, 1.54) is 4.90 Å². The number of ketones is 1. The van der Waals surface area contributed by atoms with Crippen LogP contribution in [-0.2, 0) is 9.59 Å². The summed E-state index contributed by atoms with van der Waals surface area (Å²) in [6, 6.07) is 11.5. The van der Waals surface area contributed by atoms with E-state index in [9.17, 15) is 14.7 Å². The van der Waals surface area contributed by atoms with Crippen LogP contribution in [0.4, 0.5) is 0 Å². The second-order valence-corrected chi connectivity index (χ2v) is 6.93. The van der Waals surface area contributed by atoms with Crippen molar-refractivity contribution in [3.05, 3.63) is 77.4 Å². The Morgan fingerprint density at radius 1 is 1.20 bits per heavy atom. The average molecular weight is 407 g/mol. The predicted octanol–water partition coefficient (Wildman–Crippen LogP) is 4.01. The molecule has 0 saturated carbocycles. The molecule has 0 radical (unpaired) electrons. The summed E-state index contributed by atoms with van der Waals surface area (Å²) in [7, 11) is 1.56. The highest BCUT2D eigenvalue weighted by atomic mass is 16.5. The Morgan fingerprint density at radius 3 is 2.47 bits per heavy atom. The first kappa shape index (κ1) is 21.2. The zero-order valence-electron chi connectivity index (χ0n) is 17.3. The number of hydrogen-bond acceptors (Lipinski definition) is 5. The van der Waals surface area contributed by atoms with Gasteiger partial charge in [-0.2, -0.15) is 0 Å². The largest absolute Gasteiger partial charge is 0.507 e. The summed E-state index contributed by atoms with van der Waals surface area (Å²) in [6.45, 7) is 8.15. The number of benzene rings is 2. The van der Waals surface area contributed by atoms with Gasteiger partial charge in [0.1, 0.15) is 17.3 Å². The average Bonchev–Trinajstić information content (AvgIpc) is 3.00. The lowest BCUT2D eigenvalue weighted by molar-refractivity contribution is -0.139. The van der Waals surface area contributed by atoms with Crippen LogP contribution in [0.5, 0.6) is 11.5 Å². The Kier molecular flexibility index (Phi) is 6.26. The summed E-state index contributed by atoms with van der Waals surface area (Å²) >= 11 is 0. The monoisotopic (exact) mass is 407 g/mol. The Morgan fingerprint density at radius 2 is 1.90 bits per heavy atom. The molecule has 0 spiro atoms. The van der Waals surface area contributed by atoms with Gasteiger partial charge in [0.2, 0.25) is 0 Å². The van der Waals surface area contributed by atoms with E-state index < -0.39 is 17.7 Å². The molecule has 1 fully saturated rings. The second kappa shape index (κ2) is 8.86. The molecule has 3 rings (SSSR count). The number of aliphatic hydroxyl groups excluding tert-OH is 1. The maximum atomic E-state index is 12.9. The quantitative estimate of drug-likeness (QED) is 0.325. The molecule has 30 heavy (non-hydrogen) atoms. The molecule has 0 bridgehead atoms. The van der Waals surface area contributed by atoms with Gasteiger partial charge in [-0.25, -0.2) is 0 Å². The van der Waals surface area contributed by atoms with Crippen LogP contribution in [0, 0.1) is 6.92 Å². The van der Waals surface area contributed by atoms with Crippen molar-refractivity contribution in [2.75, 3.05) is 20.3 Å². The van der Waals surface area contributed by atoms with Crippen molar-refractivity contribution in [2.45, 2.75) is 19.9 Å². The molecule has 1 heterocycles. The second-order valence-electron chi connectivity index (χ2n) is 6.93. The molecule has 0 aliphatic carbocycles. The third-order valence-electron chi connectivity index (χ3n) is 5.05. The number of carbonyl (C=O) groups excluding carboxylic acids is 2. The van der Waals surface area contributed by atoms with Crippen molar-refractivity contribution in [2.24, 2.45) is 0 Å². The summed E-state index contributed by atoms with van der Waals surface area (Å²) in [5.41, 5.74) is 2.02. The molecule has 0 unspecified atom stereocenters. The number of Topliss-reactive ketones (excluding diaryl/α,β-unsaturated/α-hetero) is 1. The SMILES string of the molecule is C=CCN1C(=O)C(=O)C(=C(O)c2ccc(OCC)c(C)c2)[C@H]1c1ccc(OC)cc1. The summed E-state index contributed by atoms with van der Waals surface area (Å²) < 4.78 is 10.7. The molecular weight excluding hydrogens is 382 g/mol. The van der Waals surface area contributed by atoms with E-state index >= 15 is 0 Å². The molecule has 156 valence electrons. The molecule has 0 aromatic heterocycles. The van der Waals surface area contributed by atoms with Crippen LogP contribution in [0.1, 0.15) is 29.7 Å². The van der Waals surface area contributed by atoms with Crippen molar-refractivity contribution in [3.63, 3.8) is 0 Å². The number of amides is 1. The lowest BCUT2D eigenvalue weighted by atomic mass is 9.94. The van der Waals surface area contributed by atoms with E-state index in [0.717, 1.165) is 5.56 Å². The molecule has 1 aliphatic heterocycles. The summed E-state index contributed by atoms with van der Waals surface area (Å²) in [5, 5.41) is 11.1. The number of aliphatic hydroxyl groups is 1. The van der Waals surface area contributed by atoms with Crippen LogP contribution in [0.2, 0.25) is 0 Å². The van der Waals surface area contributed by atoms with E-state index in [1.807, 2.05) is 13.8 Å². The van der Waals surface area contributed by atoms with E-state index in [2.05, 4.69) is 6.58 Å². The first-order chi connectivity index (χ1) is 14.4. The molecule has 6 heteroatoms. The van der Waals surface area contributed by atoms with E-state index in [4.69, 9.17) is 9.47 Å². The molecular formula is C24H25NO5. The van der Waals surface area contributed by atoms with Crippen molar-refractivity contribution in [3.8, 4) is 11.5 Å². The Hall–Kier alpha value is -3.54. The summed E-state index contributed by atoms with van der Waals surface area (Å²) in [4.78, 5) is 27.0. The molecule has 1 N–H and O–H groups in total.